The van der Waals surface area contributed by atoms with Crippen LogP contribution in [-0.4, -0.2) is 34.6 Å². The zero-order chi connectivity index (χ0) is 22.2. The third-order valence-electron chi connectivity index (χ3n) is 5.75. The Morgan fingerprint density at radius 2 is 1.68 bits per heavy atom. The molecular weight excluding hydrogens is 472 g/mol. The van der Waals surface area contributed by atoms with Crippen molar-refractivity contribution in [3.8, 4) is 0 Å². The van der Waals surface area contributed by atoms with Crippen molar-refractivity contribution in [1.29, 1.82) is 0 Å². The van der Waals surface area contributed by atoms with Gasteiger partial charge in [0.1, 0.15) is 6.04 Å². The number of hydrogen-bond acceptors (Lipinski definition) is 3. The van der Waals surface area contributed by atoms with Crippen LogP contribution in [0.5, 0.6) is 0 Å². The van der Waals surface area contributed by atoms with Crippen molar-refractivity contribution in [2.45, 2.75) is 63.9 Å². The van der Waals surface area contributed by atoms with Gasteiger partial charge in [0.05, 0.1) is 5.75 Å². The van der Waals surface area contributed by atoms with Gasteiger partial charge in [0, 0.05) is 22.8 Å². The van der Waals surface area contributed by atoms with Crippen molar-refractivity contribution in [3.63, 3.8) is 0 Å². The molecule has 166 valence electrons. The maximum Gasteiger partial charge on any atom is 0.242 e. The van der Waals surface area contributed by atoms with Gasteiger partial charge in [-0.3, -0.25) is 9.59 Å². The van der Waals surface area contributed by atoms with Crippen LogP contribution < -0.4 is 5.32 Å². The number of benzene rings is 2. The molecule has 0 bridgehead atoms. The minimum Gasteiger partial charge on any atom is -0.352 e. The van der Waals surface area contributed by atoms with Gasteiger partial charge in [-0.1, -0.05) is 70.7 Å². The highest BCUT2D eigenvalue weighted by molar-refractivity contribution is 9.10. The standard InChI is InChI=1S/C25H31BrN2O2S/c1-18-7-9-21(10-8-18)16-31-17-24(29)28(15-20-11-13-22(26)14-12-20)19(2)25(30)27-23-5-3-4-6-23/h7-14,19,23H,3-6,15-17H2,1-2H3,(H,27,30)/t19-/m0/s1. The fourth-order valence-electron chi connectivity index (χ4n) is 3.78. The summed E-state index contributed by atoms with van der Waals surface area (Å²) in [6.07, 6.45) is 4.39. The maximum absolute atomic E-state index is 13.2. The van der Waals surface area contributed by atoms with E-state index in [1.54, 1.807) is 16.7 Å². The van der Waals surface area contributed by atoms with Gasteiger partial charge in [-0.15, -0.1) is 11.8 Å². The molecule has 0 aliphatic heterocycles. The van der Waals surface area contributed by atoms with Crippen molar-refractivity contribution in [2.24, 2.45) is 0 Å². The Hall–Kier alpha value is -1.79. The van der Waals surface area contributed by atoms with Gasteiger partial charge >= 0.3 is 0 Å². The summed E-state index contributed by atoms with van der Waals surface area (Å²) in [6, 6.07) is 16.0. The Morgan fingerprint density at radius 3 is 2.32 bits per heavy atom. The molecule has 6 heteroatoms. The lowest BCUT2D eigenvalue weighted by atomic mass is 10.1. The Balaban J connectivity index is 1.64. The van der Waals surface area contributed by atoms with Crippen LogP contribution in [0.4, 0.5) is 0 Å². The average Bonchev–Trinajstić information content (AvgIpc) is 3.27. The molecule has 1 atom stereocenters. The molecule has 0 heterocycles. The Kier molecular flexibility index (Phi) is 9.02. The van der Waals surface area contributed by atoms with Crippen LogP contribution in [0, 0.1) is 6.92 Å². The summed E-state index contributed by atoms with van der Waals surface area (Å²) in [5, 5.41) is 3.15. The molecule has 1 fully saturated rings. The Labute approximate surface area is 198 Å². The molecule has 1 saturated carbocycles. The zero-order valence-electron chi connectivity index (χ0n) is 18.3. The fraction of sp³-hybridized carbons (Fsp3) is 0.440. The third kappa shape index (κ3) is 7.39. The normalized spacial score (nSPS) is 14.9. The van der Waals surface area contributed by atoms with Crippen LogP contribution in [0.2, 0.25) is 0 Å². The van der Waals surface area contributed by atoms with E-state index in [0.29, 0.717) is 12.3 Å². The minimum atomic E-state index is -0.503. The van der Waals surface area contributed by atoms with Gasteiger partial charge in [0.15, 0.2) is 0 Å². The number of aryl methyl sites for hydroxylation is 1. The van der Waals surface area contributed by atoms with Crippen molar-refractivity contribution in [1.82, 2.24) is 10.2 Å². The first-order valence-corrected chi connectivity index (χ1v) is 12.8. The van der Waals surface area contributed by atoms with Gasteiger partial charge in [-0.25, -0.2) is 0 Å². The van der Waals surface area contributed by atoms with E-state index in [0.717, 1.165) is 41.5 Å². The van der Waals surface area contributed by atoms with Crippen LogP contribution in [0.3, 0.4) is 0 Å². The number of rotatable bonds is 9. The molecule has 0 saturated heterocycles. The maximum atomic E-state index is 13.2. The molecule has 0 unspecified atom stereocenters. The Morgan fingerprint density at radius 1 is 1.06 bits per heavy atom. The smallest absolute Gasteiger partial charge is 0.242 e. The van der Waals surface area contributed by atoms with Gasteiger partial charge in [0.25, 0.3) is 0 Å². The van der Waals surface area contributed by atoms with Crippen LogP contribution in [0.1, 0.15) is 49.3 Å². The van der Waals surface area contributed by atoms with E-state index >= 15 is 0 Å². The van der Waals surface area contributed by atoms with E-state index < -0.39 is 6.04 Å². The summed E-state index contributed by atoms with van der Waals surface area (Å²) in [4.78, 5) is 27.8. The summed E-state index contributed by atoms with van der Waals surface area (Å²) in [5.41, 5.74) is 3.45. The topological polar surface area (TPSA) is 49.4 Å². The van der Waals surface area contributed by atoms with Crippen LogP contribution in [0.25, 0.3) is 0 Å². The number of thioether (sulfide) groups is 1. The van der Waals surface area contributed by atoms with Crippen LogP contribution >= 0.6 is 27.7 Å². The van der Waals surface area contributed by atoms with E-state index in [9.17, 15) is 9.59 Å². The van der Waals surface area contributed by atoms with Gasteiger partial charge in [-0.2, -0.15) is 0 Å². The molecular formula is C25H31BrN2O2S. The molecule has 0 aromatic heterocycles. The summed E-state index contributed by atoms with van der Waals surface area (Å²) in [5.74, 6) is 1.07. The Bertz CT molecular complexity index is 864. The molecule has 2 amide bonds. The van der Waals surface area contributed by atoms with Crippen molar-refractivity contribution in [3.05, 3.63) is 69.7 Å². The predicted octanol–water partition coefficient (Wildman–Crippen LogP) is 5.47. The van der Waals surface area contributed by atoms with E-state index in [4.69, 9.17) is 0 Å². The lowest BCUT2D eigenvalue weighted by Gasteiger charge is -2.29. The molecule has 1 aliphatic rings. The number of carbonyl (C=O) groups is 2. The fourth-order valence-corrected chi connectivity index (χ4v) is 4.92. The highest BCUT2D eigenvalue weighted by atomic mass is 79.9. The van der Waals surface area contributed by atoms with E-state index in [1.807, 2.05) is 31.2 Å². The molecule has 4 nitrogen and oxygen atoms in total. The lowest BCUT2D eigenvalue weighted by Crippen LogP contribution is -2.50. The highest BCUT2D eigenvalue weighted by Crippen LogP contribution is 2.20. The summed E-state index contributed by atoms with van der Waals surface area (Å²) in [7, 11) is 0. The van der Waals surface area contributed by atoms with E-state index in [2.05, 4.69) is 52.4 Å². The van der Waals surface area contributed by atoms with Crippen molar-refractivity contribution >= 4 is 39.5 Å². The summed E-state index contributed by atoms with van der Waals surface area (Å²) < 4.78 is 0.995. The van der Waals surface area contributed by atoms with E-state index in [-0.39, 0.29) is 17.9 Å². The molecule has 1 N–H and O–H groups in total. The number of nitrogens with zero attached hydrogens (tertiary/aromatic N) is 1. The molecule has 0 radical (unpaired) electrons. The second-order valence-corrected chi connectivity index (χ2v) is 10.2. The second-order valence-electron chi connectivity index (χ2n) is 8.29. The lowest BCUT2D eigenvalue weighted by molar-refractivity contribution is -0.138. The number of carbonyl (C=O) groups excluding carboxylic acids is 2. The van der Waals surface area contributed by atoms with Gasteiger partial charge in [0.2, 0.25) is 11.8 Å². The first kappa shape index (κ1) is 23.9. The largest absolute Gasteiger partial charge is 0.352 e. The first-order chi connectivity index (χ1) is 14.9. The van der Waals surface area contributed by atoms with Gasteiger partial charge < -0.3 is 10.2 Å². The zero-order valence-corrected chi connectivity index (χ0v) is 20.7. The highest BCUT2D eigenvalue weighted by Gasteiger charge is 2.28. The molecule has 3 rings (SSSR count). The summed E-state index contributed by atoms with van der Waals surface area (Å²) >= 11 is 5.05. The van der Waals surface area contributed by atoms with Crippen molar-refractivity contribution in [2.75, 3.05) is 5.75 Å². The van der Waals surface area contributed by atoms with Crippen molar-refractivity contribution < 1.29 is 9.59 Å². The van der Waals surface area contributed by atoms with Gasteiger partial charge in [-0.05, 0) is 49.9 Å². The number of halogens is 1. The van der Waals surface area contributed by atoms with Crippen LogP contribution in [-0.2, 0) is 21.9 Å². The van der Waals surface area contributed by atoms with Crippen LogP contribution in [0.15, 0.2) is 53.0 Å². The molecule has 2 aromatic rings. The number of hydrogen-bond donors (Lipinski definition) is 1. The second kappa shape index (κ2) is 11.7. The monoisotopic (exact) mass is 502 g/mol. The number of nitrogens with one attached hydrogen (secondary N) is 1. The first-order valence-electron chi connectivity index (χ1n) is 10.9. The molecule has 0 spiro atoms. The molecule has 1 aliphatic carbocycles. The quantitative estimate of drug-likeness (QED) is 0.494. The minimum absolute atomic E-state index is 0.00546. The summed E-state index contributed by atoms with van der Waals surface area (Å²) in [6.45, 7) is 4.33. The molecule has 2 aromatic carbocycles. The SMILES string of the molecule is Cc1ccc(CSCC(=O)N(Cc2ccc(Br)cc2)[C@@H](C)C(=O)NC2CCCC2)cc1. The predicted molar refractivity (Wildman–Crippen MR) is 132 cm³/mol. The third-order valence-corrected chi connectivity index (χ3v) is 7.27. The number of amides is 2. The average molecular weight is 504 g/mol. The van der Waals surface area contributed by atoms with E-state index in [1.165, 1.54) is 11.1 Å². The molecule has 31 heavy (non-hydrogen) atoms.